The summed E-state index contributed by atoms with van der Waals surface area (Å²) in [7, 11) is 0. The Morgan fingerprint density at radius 1 is 0.296 bits per heavy atom. The highest BCUT2D eigenvalue weighted by Gasteiger charge is 2.19. The van der Waals surface area contributed by atoms with Crippen LogP contribution in [-0.2, 0) is 28.6 Å². The maximum atomic E-state index is 12.8. The highest BCUT2D eigenvalue weighted by molar-refractivity contribution is 5.71. The van der Waals surface area contributed by atoms with Crippen molar-refractivity contribution in [3.63, 3.8) is 0 Å². The van der Waals surface area contributed by atoms with Crippen LogP contribution in [0.15, 0.2) is 85.1 Å². The minimum atomic E-state index is -0.818. The highest BCUT2D eigenvalue weighted by Crippen LogP contribution is 2.16. The quantitative estimate of drug-likeness (QED) is 0.0261. The molecule has 0 aliphatic rings. The molecule has 0 unspecified atom stereocenters. The molecule has 1 atom stereocenters. The van der Waals surface area contributed by atoms with Crippen LogP contribution in [0.1, 0.15) is 290 Å². The molecule has 0 saturated heterocycles. The Labute approximate surface area is 439 Å². The minimum absolute atomic E-state index is 0.107. The predicted octanol–water partition coefficient (Wildman–Crippen LogP) is 20.3. The summed E-state index contributed by atoms with van der Waals surface area (Å²) in [5.74, 6) is -0.995. The molecule has 0 heterocycles. The lowest BCUT2D eigenvalue weighted by Crippen LogP contribution is -2.30. The Morgan fingerprint density at radius 2 is 0.563 bits per heavy atom. The number of carbonyl (C=O) groups is 3. The third kappa shape index (κ3) is 57.4. The second kappa shape index (κ2) is 59.2. The zero-order valence-corrected chi connectivity index (χ0v) is 46.7. The van der Waals surface area contributed by atoms with Gasteiger partial charge in [0.1, 0.15) is 13.2 Å². The van der Waals surface area contributed by atoms with E-state index in [0.717, 1.165) is 77.0 Å². The predicted molar refractivity (Wildman–Crippen MR) is 307 cm³/mol. The molecule has 0 rings (SSSR count). The summed E-state index contributed by atoms with van der Waals surface area (Å²) in [4.78, 5) is 38.2. The van der Waals surface area contributed by atoms with Crippen molar-refractivity contribution in [3.05, 3.63) is 85.1 Å². The van der Waals surface area contributed by atoms with E-state index in [1.54, 1.807) is 0 Å². The van der Waals surface area contributed by atoms with Crippen molar-refractivity contribution in [1.29, 1.82) is 0 Å². The van der Waals surface area contributed by atoms with Gasteiger partial charge in [-0.05, 0) is 89.9 Å². The first-order valence-electron chi connectivity index (χ1n) is 30.1. The number of hydrogen-bond acceptors (Lipinski definition) is 6. The number of unbranched alkanes of at least 4 members (excludes halogenated alkanes) is 29. The first kappa shape index (κ1) is 67.6. The van der Waals surface area contributed by atoms with Gasteiger partial charge in [0, 0.05) is 19.3 Å². The van der Waals surface area contributed by atoms with Gasteiger partial charge in [-0.25, -0.2) is 0 Å². The maximum Gasteiger partial charge on any atom is 0.306 e. The smallest absolute Gasteiger partial charge is 0.306 e. The fourth-order valence-electron chi connectivity index (χ4n) is 8.39. The lowest BCUT2D eigenvalue weighted by Gasteiger charge is -2.18. The second-order valence-electron chi connectivity index (χ2n) is 19.9. The van der Waals surface area contributed by atoms with E-state index >= 15 is 0 Å². The number of allylic oxidation sites excluding steroid dienone is 14. The van der Waals surface area contributed by atoms with Crippen LogP contribution in [0.4, 0.5) is 0 Å². The zero-order chi connectivity index (χ0) is 51.4. The van der Waals surface area contributed by atoms with Crippen LogP contribution in [0.25, 0.3) is 0 Å². The summed E-state index contributed by atoms with van der Waals surface area (Å²) in [6, 6.07) is 0. The van der Waals surface area contributed by atoms with Crippen LogP contribution in [-0.4, -0.2) is 37.2 Å². The molecule has 0 aliphatic carbocycles. The van der Waals surface area contributed by atoms with Crippen LogP contribution in [0.3, 0.4) is 0 Å². The Balaban J connectivity index is 4.44. The van der Waals surface area contributed by atoms with E-state index < -0.39 is 6.10 Å². The van der Waals surface area contributed by atoms with Crippen LogP contribution in [0, 0.1) is 0 Å². The molecule has 0 aromatic heterocycles. The summed E-state index contributed by atoms with van der Waals surface area (Å²) in [5, 5.41) is 0. The summed E-state index contributed by atoms with van der Waals surface area (Å²) < 4.78 is 16.8. The van der Waals surface area contributed by atoms with Gasteiger partial charge in [0.2, 0.25) is 0 Å². The maximum absolute atomic E-state index is 12.8. The van der Waals surface area contributed by atoms with Crippen molar-refractivity contribution >= 4 is 17.9 Å². The molecule has 0 aliphatic heterocycles. The van der Waals surface area contributed by atoms with E-state index in [-0.39, 0.29) is 44.0 Å². The molecule has 0 fully saturated rings. The van der Waals surface area contributed by atoms with Gasteiger partial charge in [-0.3, -0.25) is 14.4 Å². The van der Waals surface area contributed by atoms with E-state index in [4.69, 9.17) is 14.2 Å². The van der Waals surface area contributed by atoms with E-state index in [9.17, 15) is 14.4 Å². The average molecular weight is 990 g/mol. The molecule has 408 valence electrons. The Hall–Kier alpha value is -3.41. The molecule has 0 amide bonds. The number of carbonyl (C=O) groups excluding carboxylic acids is 3. The van der Waals surface area contributed by atoms with Crippen LogP contribution in [0.2, 0.25) is 0 Å². The molecule has 6 heteroatoms. The highest BCUT2D eigenvalue weighted by atomic mass is 16.6. The molecule has 0 N–H and O–H groups in total. The van der Waals surface area contributed by atoms with Gasteiger partial charge in [-0.15, -0.1) is 0 Å². The molecular weight excluding hydrogens is 877 g/mol. The molecular formula is C65H112O6. The van der Waals surface area contributed by atoms with E-state index in [1.807, 2.05) is 0 Å². The Kier molecular flexibility index (Phi) is 56.3. The van der Waals surface area contributed by atoms with Crippen molar-refractivity contribution in [2.75, 3.05) is 13.2 Å². The van der Waals surface area contributed by atoms with Crippen LogP contribution >= 0.6 is 0 Å². The minimum Gasteiger partial charge on any atom is -0.462 e. The second-order valence-corrected chi connectivity index (χ2v) is 19.9. The fourth-order valence-corrected chi connectivity index (χ4v) is 8.39. The van der Waals surface area contributed by atoms with E-state index in [2.05, 4.69) is 106 Å². The van der Waals surface area contributed by atoms with E-state index in [0.29, 0.717) is 19.3 Å². The molecule has 0 aromatic carbocycles. The molecule has 0 bridgehead atoms. The number of hydrogen-bond donors (Lipinski definition) is 0. The van der Waals surface area contributed by atoms with Gasteiger partial charge in [-0.2, -0.15) is 0 Å². The Morgan fingerprint density at radius 3 is 0.944 bits per heavy atom. The van der Waals surface area contributed by atoms with Crippen LogP contribution in [0.5, 0.6) is 0 Å². The summed E-state index contributed by atoms with van der Waals surface area (Å²) in [6.07, 6.45) is 77.4. The van der Waals surface area contributed by atoms with Gasteiger partial charge >= 0.3 is 17.9 Å². The average Bonchev–Trinajstić information content (AvgIpc) is 3.37. The van der Waals surface area contributed by atoms with Gasteiger partial charge in [-0.1, -0.05) is 266 Å². The topological polar surface area (TPSA) is 78.9 Å². The molecule has 6 nitrogen and oxygen atoms in total. The lowest BCUT2D eigenvalue weighted by molar-refractivity contribution is -0.167. The third-order valence-electron chi connectivity index (χ3n) is 12.9. The van der Waals surface area contributed by atoms with Gasteiger partial charge in [0.25, 0.3) is 0 Å². The first-order chi connectivity index (χ1) is 35.0. The van der Waals surface area contributed by atoms with Gasteiger partial charge in [0.15, 0.2) is 6.10 Å². The summed E-state index contributed by atoms with van der Waals surface area (Å²) >= 11 is 0. The Bertz CT molecular complexity index is 1370. The van der Waals surface area contributed by atoms with Crippen LogP contribution < -0.4 is 0 Å². The third-order valence-corrected chi connectivity index (χ3v) is 12.9. The van der Waals surface area contributed by atoms with Gasteiger partial charge < -0.3 is 14.2 Å². The molecule has 0 spiro atoms. The number of ether oxygens (including phenoxy) is 3. The molecule has 0 aromatic rings. The fraction of sp³-hybridized carbons (Fsp3) is 0.738. The van der Waals surface area contributed by atoms with Gasteiger partial charge in [0.05, 0.1) is 0 Å². The number of rotatable bonds is 54. The van der Waals surface area contributed by atoms with Crippen molar-refractivity contribution in [3.8, 4) is 0 Å². The van der Waals surface area contributed by atoms with Crippen molar-refractivity contribution in [1.82, 2.24) is 0 Å². The molecule has 0 saturated carbocycles. The van der Waals surface area contributed by atoms with E-state index in [1.165, 1.54) is 161 Å². The van der Waals surface area contributed by atoms with Crippen molar-refractivity contribution in [2.24, 2.45) is 0 Å². The first-order valence-corrected chi connectivity index (χ1v) is 30.1. The summed E-state index contributed by atoms with van der Waals surface area (Å²) in [5.41, 5.74) is 0. The number of esters is 3. The van der Waals surface area contributed by atoms with Crippen molar-refractivity contribution < 1.29 is 28.6 Å². The lowest BCUT2D eigenvalue weighted by atomic mass is 10.0. The summed E-state index contributed by atoms with van der Waals surface area (Å²) in [6.45, 7) is 6.47. The molecule has 71 heavy (non-hydrogen) atoms. The monoisotopic (exact) mass is 989 g/mol. The van der Waals surface area contributed by atoms with Crippen molar-refractivity contribution in [2.45, 2.75) is 297 Å². The largest absolute Gasteiger partial charge is 0.462 e. The zero-order valence-electron chi connectivity index (χ0n) is 46.7. The molecule has 0 radical (unpaired) electrons. The normalized spacial score (nSPS) is 12.7. The SMILES string of the molecule is CC/C=C\C/C=C\C/C=C\C/C=C\CCCCC(=O)O[C@H](COC(=O)CCC/C=C\C/C=C\C/C=C\CCCCCCCC)COC(=O)CCCCCCCCCCCCCCCCCCCCCCC. The standard InChI is InChI=1S/C65H112O6/c1-4-7-10-13-16-19-22-25-28-30-31-32-33-35-38-40-43-46-49-52-55-58-64(67)70-61-62(71-65(68)59-56-53-50-47-44-41-36-27-24-21-18-15-12-9-6-3)60-69-63(66)57-54-51-48-45-42-39-37-34-29-26-23-20-17-14-11-8-5-2/h9,12,18,21,26-27,29,36-37,39,44-45,47-48,62H,4-8,10-11,13-17,19-20,22-25,28,30-35,38,40-43,46,49-61H2,1-3H3/b12-9-,21-18-,29-26-,36-27-,39-37-,47-44-,48-45-/t62-/m1/s1.